The van der Waals surface area contributed by atoms with Crippen LogP contribution < -0.4 is 10.1 Å². The smallest absolute Gasteiger partial charge is 0.127 e. The summed E-state index contributed by atoms with van der Waals surface area (Å²) in [5.41, 5.74) is 2.27. The number of benzene rings is 3. The molecule has 31 heavy (non-hydrogen) atoms. The Balaban J connectivity index is 1.42. The molecule has 0 saturated carbocycles. The van der Waals surface area contributed by atoms with E-state index in [-0.39, 0.29) is 17.8 Å². The summed E-state index contributed by atoms with van der Waals surface area (Å²) in [4.78, 5) is 0. The molecule has 1 N–H and O–H groups in total. The highest BCUT2D eigenvalue weighted by Crippen LogP contribution is 2.30. The van der Waals surface area contributed by atoms with Crippen molar-refractivity contribution in [2.24, 2.45) is 0 Å². The molecule has 1 fully saturated rings. The molecule has 2 atom stereocenters. The predicted molar refractivity (Wildman–Crippen MR) is 121 cm³/mol. The van der Waals surface area contributed by atoms with Crippen molar-refractivity contribution >= 4 is 10.8 Å². The lowest BCUT2D eigenvalue weighted by Gasteiger charge is -2.32. The highest BCUT2D eigenvalue weighted by molar-refractivity contribution is 5.88. The maximum absolute atomic E-state index is 13.3. The first-order valence-electron chi connectivity index (χ1n) is 11.0. The fraction of sp³-hybridized carbons (Fsp3) is 0.385. The van der Waals surface area contributed by atoms with Crippen molar-refractivity contribution < 1.29 is 18.6 Å². The largest absolute Gasteiger partial charge is 0.493 e. The Kier molecular flexibility index (Phi) is 7.52. The van der Waals surface area contributed by atoms with Crippen LogP contribution in [0.1, 0.15) is 29.9 Å². The normalized spacial score (nSPS) is 18.9. The van der Waals surface area contributed by atoms with Crippen LogP contribution in [0.25, 0.3) is 10.8 Å². The Labute approximate surface area is 183 Å². The van der Waals surface area contributed by atoms with Gasteiger partial charge < -0.3 is 19.5 Å². The second kappa shape index (κ2) is 10.7. The van der Waals surface area contributed by atoms with E-state index < -0.39 is 0 Å². The van der Waals surface area contributed by atoms with Crippen molar-refractivity contribution in [3.63, 3.8) is 0 Å². The van der Waals surface area contributed by atoms with E-state index >= 15 is 0 Å². The number of halogens is 1. The molecule has 4 nitrogen and oxygen atoms in total. The van der Waals surface area contributed by atoms with E-state index in [0.717, 1.165) is 53.6 Å². The molecule has 4 rings (SSSR count). The van der Waals surface area contributed by atoms with Crippen LogP contribution in [0.2, 0.25) is 0 Å². The van der Waals surface area contributed by atoms with Gasteiger partial charge in [0.25, 0.3) is 0 Å². The molecule has 3 aromatic rings. The lowest BCUT2D eigenvalue weighted by atomic mass is 9.88. The van der Waals surface area contributed by atoms with Crippen LogP contribution in [0, 0.1) is 5.82 Å². The van der Waals surface area contributed by atoms with Gasteiger partial charge in [-0.25, -0.2) is 4.39 Å². The number of fused-ring (bicyclic) bond motifs is 1. The number of ether oxygens (including phenoxy) is 3. The number of hydrogen-bond acceptors (Lipinski definition) is 4. The Morgan fingerprint density at radius 1 is 1.03 bits per heavy atom. The first-order chi connectivity index (χ1) is 15.2. The Morgan fingerprint density at radius 2 is 1.90 bits per heavy atom. The first-order valence-corrected chi connectivity index (χ1v) is 11.0. The van der Waals surface area contributed by atoms with Gasteiger partial charge in [0.15, 0.2) is 0 Å². The molecule has 1 aliphatic heterocycles. The summed E-state index contributed by atoms with van der Waals surface area (Å²) in [6, 6.07) is 19.3. The zero-order chi connectivity index (χ0) is 21.5. The van der Waals surface area contributed by atoms with Crippen LogP contribution >= 0.6 is 0 Å². The van der Waals surface area contributed by atoms with Gasteiger partial charge in [0, 0.05) is 38.0 Å². The van der Waals surface area contributed by atoms with Crippen molar-refractivity contribution in [1.82, 2.24) is 5.32 Å². The molecule has 0 radical (unpaired) electrons. The maximum atomic E-state index is 13.3. The molecule has 0 aliphatic carbocycles. The fourth-order valence-electron chi connectivity index (χ4n) is 4.20. The highest BCUT2D eigenvalue weighted by Gasteiger charge is 2.27. The lowest BCUT2D eigenvalue weighted by Crippen LogP contribution is -2.40. The van der Waals surface area contributed by atoms with E-state index in [4.69, 9.17) is 14.2 Å². The lowest BCUT2D eigenvalue weighted by molar-refractivity contribution is 0.0106. The number of rotatable bonds is 9. The van der Waals surface area contributed by atoms with Crippen LogP contribution in [0.4, 0.5) is 4.39 Å². The van der Waals surface area contributed by atoms with E-state index in [1.54, 1.807) is 7.11 Å². The molecule has 0 bridgehead atoms. The minimum Gasteiger partial charge on any atom is -0.493 e. The van der Waals surface area contributed by atoms with Gasteiger partial charge in [-0.15, -0.1) is 0 Å². The quantitative estimate of drug-likeness (QED) is 0.489. The van der Waals surface area contributed by atoms with Gasteiger partial charge in [0.05, 0.1) is 19.3 Å². The molecule has 164 valence electrons. The molecule has 2 unspecified atom stereocenters. The van der Waals surface area contributed by atoms with E-state index in [9.17, 15) is 4.39 Å². The van der Waals surface area contributed by atoms with Crippen molar-refractivity contribution in [1.29, 1.82) is 0 Å². The van der Waals surface area contributed by atoms with E-state index in [2.05, 4.69) is 29.6 Å². The monoisotopic (exact) mass is 423 g/mol. The fourth-order valence-corrected chi connectivity index (χ4v) is 4.20. The predicted octanol–water partition coefficient (Wildman–Crippen LogP) is 5.06. The van der Waals surface area contributed by atoms with E-state index in [0.29, 0.717) is 19.8 Å². The SMILES string of the molecule is COCCCOc1cccc2cc(COC3CNCCC3c3ccc(F)cc3)ccc12. The van der Waals surface area contributed by atoms with Gasteiger partial charge in [-0.1, -0.05) is 36.4 Å². The summed E-state index contributed by atoms with van der Waals surface area (Å²) in [7, 11) is 1.70. The molecule has 3 aromatic carbocycles. The van der Waals surface area contributed by atoms with Crippen molar-refractivity contribution in [3.8, 4) is 5.75 Å². The molecule has 1 heterocycles. The zero-order valence-electron chi connectivity index (χ0n) is 18.0. The number of hydrogen-bond donors (Lipinski definition) is 1. The summed E-state index contributed by atoms with van der Waals surface area (Å²) in [5, 5.41) is 5.67. The molecule has 1 saturated heterocycles. The summed E-state index contributed by atoms with van der Waals surface area (Å²) >= 11 is 0. The zero-order valence-corrected chi connectivity index (χ0v) is 18.0. The average molecular weight is 424 g/mol. The van der Waals surface area contributed by atoms with Crippen LogP contribution in [-0.4, -0.2) is 39.5 Å². The van der Waals surface area contributed by atoms with Gasteiger partial charge in [-0.05, 0) is 53.7 Å². The molecule has 0 spiro atoms. The summed E-state index contributed by atoms with van der Waals surface area (Å²) < 4.78 is 30.7. The van der Waals surface area contributed by atoms with Gasteiger partial charge in [0.2, 0.25) is 0 Å². The topological polar surface area (TPSA) is 39.7 Å². The Morgan fingerprint density at radius 3 is 2.74 bits per heavy atom. The molecule has 0 aromatic heterocycles. The first kappa shape index (κ1) is 21.8. The number of nitrogens with one attached hydrogen (secondary N) is 1. The van der Waals surface area contributed by atoms with E-state index in [1.165, 1.54) is 12.1 Å². The average Bonchev–Trinajstić information content (AvgIpc) is 2.81. The van der Waals surface area contributed by atoms with Crippen LogP contribution in [0.15, 0.2) is 60.7 Å². The van der Waals surface area contributed by atoms with Crippen molar-refractivity contribution in [3.05, 3.63) is 77.6 Å². The maximum Gasteiger partial charge on any atom is 0.127 e. The van der Waals surface area contributed by atoms with Gasteiger partial charge >= 0.3 is 0 Å². The second-order valence-electron chi connectivity index (χ2n) is 8.01. The minimum absolute atomic E-state index is 0.0605. The highest BCUT2D eigenvalue weighted by atomic mass is 19.1. The molecular formula is C26H30FNO3. The number of piperidine rings is 1. The standard InChI is InChI=1S/C26H30FNO3/c1-29-14-3-15-30-25-5-2-4-21-16-19(6-11-23(21)25)18-31-26-17-28-13-12-24(26)20-7-9-22(27)10-8-20/h2,4-11,16,24,26,28H,3,12-15,17-18H2,1H3. The third kappa shape index (κ3) is 5.62. The third-order valence-electron chi connectivity index (χ3n) is 5.84. The van der Waals surface area contributed by atoms with Crippen molar-refractivity contribution in [2.75, 3.05) is 33.4 Å². The molecule has 0 amide bonds. The molecule has 5 heteroatoms. The van der Waals surface area contributed by atoms with Crippen molar-refractivity contribution in [2.45, 2.75) is 31.5 Å². The second-order valence-corrected chi connectivity index (χ2v) is 8.01. The molecular weight excluding hydrogens is 393 g/mol. The summed E-state index contributed by atoms with van der Waals surface area (Å²) in [6.45, 7) is 3.62. The Bertz CT molecular complexity index is 976. The third-order valence-corrected chi connectivity index (χ3v) is 5.84. The van der Waals surface area contributed by atoms with Gasteiger partial charge in [0.1, 0.15) is 11.6 Å². The van der Waals surface area contributed by atoms with Crippen LogP contribution in [-0.2, 0) is 16.1 Å². The molecule has 1 aliphatic rings. The Hall–Kier alpha value is -2.47. The van der Waals surface area contributed by atoms with E-state index in [1.807, 2.05) is 24.3 Å². The minimum atomic E-state index is -0.201. The van der Waals surface area contributed by atoms with Gasteiger partial charge in [-0.2, -0.15) is 0 Å². The van der Waals surface area contributed by atoms with Crippen LogP contribution in [0.3, 0.4) is 0 Å². The summed E-state index contributed by atoms with van der Waals surface area (Å²) in [6.07, 6.45) is 1.91. The number of methoxy groups -OCH3 is 1. The summed E-state index contributed by atoms with van der Waals surface area (Å²) in [5.74, 6) is 0.969. The van der Waals surface area contributed by atoms with Gasteiger partial charge in [-0.3, -0.25) is 0 Å². The van der Waals surface area contributed by atoms with Crippen LogP contribution in [0.5, 0.6) is 5.75 Å².